The van der Waals surface area contributed by atoms with Crippen molar-refractivity contribution in [3.05, 3.63) is 56.2 Å². The molecule has 0 bridgehead atoms. The highest BCUT2D eigenvalue weighted by atomic mass is 79.9. The summed E-state index contributed by atoms with van der Waals surface area (Å²) < 4.78 is 1.00. The summed E-state index contributed by atoms with van der Waals surface area (Å²) in [5.74, 6) is 1.64. The second-order valence-electron chi connectivity index (χ2n) is 7.96. The first-order chi connectivity index (χ1) is 13.5. The van der Waals surface area contributed by atoms with Gasteiger partial charge in [-0.2, -0.15) is 0 Å². The molecule has 6 heteroatoms. The molecule has 1 aromatic rings. The number of rotatable bonds is 4. The standard InChI is InChI=1S/C22H27BrN2OS2/c1-14-25(2)19(13-27-14)18-9-4-3-8-17(18)15-6-5-7-16(12-15)24-22(26)20-10-11-21(23)28-20/h3-4,8-11,13-18H,5-7,12H2,1-2H3,(H,24,26)/t14?,15?,16?,17-,18-/m0/s1. The highest BCUT2D eigenvalue weighted by Gasteiger charge is 2.36. The van der Waals surface area contributed by atoms with E-state index in [1.807, 2.05) is 23.9 Å². The van der Waals surface area contributed by atoms with Gasteiger partial charge in [-0.1, -0.05) is 30.7 Å². The summed E-state index contributed by atoms with van der Waals surface area (Å²) in [6, 6.07) is 4.12. The van der Waals surface area contributed by atoms with Crippen LogP contribution in [0.25, 0.3) is 0 Å². The number of carbonyl (C=O) groups excluding carboxylic acids is 1. The van der Waals surface area contributed by atoms with Gasteiger partial charge in [-0.15, -0.1) is 23.1 Å². The molecule has 0 aromatic carbocycles. The van der Waals surface area contributed by atoms with E-state index in [-0.39, 0.29) is 11.9 Å². The Morgan fingerprint density at radius 1 is 1.25 bits per heavy atom. The number of nitrogens with zero attached hydrogens (tertiary/aromatic N) is 1. The van der Waals surface area contributed by atoms with Crippen LogP contribution in [0, 0.1) is 17.8 Å². The minimum atomic E-state index is 0.0699. The largest absolute Gasteiger partial charge is 0.365 e. The molecule has 1 N–H and O–H groups in total. The van der Waals surface area contributed by atoms with Crippen LogP contribution in [0.5, 0.6) is 0 Å². The lowest BCUT2D eigenvalue weighted by atomic mass is 9.70. The number of thiophene rings is 1. The van der Waals surface area contributed by atoms with Gasteiger partial charge < -0.3 is 10.2 Å². The van der Waals surface area contributed by atoms with E-state index in [1.54, 1.807) is 0 Å². The van der Waals surface area contributed by atoms with Crippen molar-refractivity contribution < 1.29 is 4.79 Å². The average molecular weight is 480 g/mol. The molecule has 1 aliphatic heterocycles. The van der Waals surface area contributed by atoms with Crippen LogP contribution in [0.1, 0.15) is 42.3 Å². The molecule has 150 valence electrons. The maximum Gasteiger partial charge on any atom is 0.261 e. The van der Waals surface area contributed by atoms with Gasteiger partial charge in [0, 0.05) is 24.7 Å². The van der Waals surface area contributed by atoms with E-state index in [9.17, 15) is 4.79 Å². The molecule has 3 aliphatic rings. The topological polar surface area (TPSA) is 32.3 Å². The van der Waals surface area contributed by atoms with Crippen molar-refractivity contribution in [2.24, 2.45) is 17.8 Å². The zero-order chi connectivity index (χ0) is 19.7. The number of amides is 1. The van der Waals surface area contributed by atoms with Gasteiger partial charge in [-0.3, -0.25) is 4.79 Å². The van der Waals surface area contributed by atoms with E-state index in [0.29, 0.717) is 23.1 Å². The molecule has 1 aromatic heterocycles. The molecule has 0 spiro atoms. The quantitative estimate of drug-likeness (QED) is 0.573. The summed E-state index contributed by atoms with van der Waals surface area (Å²) in [5, 5.41) is 6.16. The molecule has 1 fully saturated rings. The van der Waals surface area contributed by atoms with Gasteiger partial charge in [0.25, 0.3) is 5.91 Å². The fourth-order valence-corrected chi connectivity index (χ4v) is 6.89. The number of hydrogen-bond acceptors (Lipinski definition) is 4. The van der Waals surface area contributed by atoms with Crippen molar-refractivity contribution in [3.8, 4) is 0 Å². The molecule has 0 saturated heterocycles. The third-order valence-corrected chi connectivity index (χ3v) is 8.96. The molecular formula is C22H27BrN2OS2. The molecule has 2 aliphatic carbocycles. The normalized spacial score (nSPS) is 32.5. The number of allylic oxidation sites excluding steroid dienone is 4. The Balaban J connectivity index is 1.43. The van der Waals surface area contributed by atoms with Crippen LogP contribution >= 0.6 is 39.0 Å². The molecule has 3 nitrogen and oxygen atoms in total. The van der Waals surface area contributed by atoms with Crippen molar-refractivity contribution in [2.75, 3.05) is 7.05 Å². The first-order valence-corrected chi connectivity index (χ1v) is 12.6. The molecule has 1 amide bonds. The Kier molecular flexibility index (Phi) is 6.38. The molecule has 5 atom stereocenters. The Morgan fingerprint density at radius 2 is 2.07 bits per heavy atom. The minimum absolute atomic E-state index is 0.0699. The fraction of sp³-hybridized carbons (Fsp3) is 0.500. The number of nitrogens with one attached hydrogen (secondary N) is 1. The Labute approximate surface area is 184 Å². The zero-order valence-corrected chi connectivity index (χ0v) is 19.5. The van der Waals surface area contributed by atoms with E-state index < -0.39 is 0 Å². The summed E-state index contributed by atoms with van der Waals surface area (Å²) in [6.45, 7) is 2.26. The zero-order valence-electron chi connectivity index (χ0n) is 16.3. The van der Waals surface area contributed by atoms with E-state index in [1.165, 1.54) is 29.9 Å². The highest BCUT2D eigenvalue weighted by molar-refractivity contribution is 9.11. The maximum absolute atomic E-state index is 12.6. The number of thioether (sulfide) groups is 1. The van der Waals surface area contributed by atoms with Crippen LogP contribution in [0.2, 0.25) is 0 Å². The molecule has 2 heterocycles. The van der Waals surface area contributed by atoms with Crippen LogP contribution in [-0.2, 0) is 0 Å². The van der Waals surface area contributed by atoms with E-state index in [2.05, 4.69) is 69.8 Å². The predicted molar refractivity (Wildman–Crippen MR) is 123 cm³/mol. The van der Waals surface area contributed by atoms with Gasteiger partial charge in [0.1, 0.15) is 0 Å². The second-order valence-corrected chi connectivity index (χ2v) is 11.6. The summed E-state index contributed by atoms with van der Waals surface area (Å²) in [5.41, 5.74) is 1.44. The van der Waals surface area contributed by atoms with Crippen LogP contribution in [-0.4, -0.2) is 29.3 Å². The van der Waals surface area contributed by atoms with Crippen LogP contribution in [0.3, 0.4) is 0 Å². The first-order valence-electron chi connectivity index (χ1n) is 10.0. The van der Waals surface area contributed by atoms with E-state index >= 15 is 0 Å². The van der Waals surface area contributed by atoms with Gasteiger partial charge in [0.05, 0.1) is 14.0 Å². The van der Waals surface area contributed by atoms with Crippen LogP contribution in [0.15, 0.2) is 51.3 Å². The highest BCUT2D eigenvalue weighted by Crippen LogP contribution is 2.44. The van der Waals surface area contributed by atoms with E-state index in [0.717, 1.165) is 21.5 Å². The van der Waals surface area contributed by atoms with Crippen molar-refractivity contribution in [1.29, 1.82) is 0 Å². The number of hydrogen-bond donors (Lipinski definition) is 1. The molecule has 3 unspecified atom stereocenters. The smallest absolute Gasteiger partial charge is 0.261 e. The third kappa shape index (κ3) is 4.29. The predicted octanol–water partition coefficient (Wildman–Crippen LogP) is 6.02. The Hall–Kier alpha value is -0.980. The summed E-state index contributed by atoms with van der Waals surface area (Å²) >= 11 is 6.86. The Morgan fingerprint density at radius 3 is 2.79 bits per heavy atom. The van der Waals surface area contributed by atoms with Crippen molar-refractivity contribution in [1.82, 2.24) is 10.2 Å². The molecule has 28 heavy (non-hydrogen) atoms. The van der Waals surface area contributed by atoms with Crippen molar-refractivity contribution in [2.45, 2.75) is 44.0 Å². The molecule has 0 radical (unpaired) electrons. The summed E-state index contributed by atoms with van der Waals surface area (Å²) in [6.07, 6.45) is 13.8. The van der Waals surface area contributed by atoms with E-state index in [4.69, 9.17) is 0 Å². The fourth-order valence-electron chi connectivity index (χ4n) is 4.64. The van der Waals surface area contributed by atoms with Crippen LogP contribution in [0.4, 0.5) is 0 Å². The van der Waals surface area contributed by atoms with Gasteiger partial charge in [0.15, 0.2) is 0 Å². The monoisotopic (exact) mass is 478 g/mol. The SMILES string of the molecule is CC1SC=C([C@H]2C=CC=C[C@H]2C2CCCC(NC(=O)c3ccc(Br)s3)C2)N1C. The Bertz CT molecular complexity index is 815. The van der Waals surface area contributed by atoms with Gasteiger partial charge in [-0.05, 0) is 71.5 Å². The summed E-state index contributed by atoms with van der Waals surface area (Å²) in [4.78, 5) is 15.8. The third-order valence-electron chi connectivity index (χ3n) is 6.25. The first kappa shape index (κ1) is 20.3. The summed E-state index contributed by atoms with van der Waals surface area (Å²) in [7, 11) is 2.21. The lowest BCUT2D eigenvalue weighted by Crippen LogP contribution is -2.41. The second kappa shape index (κ2) is 8.80. The van der Waals surface area contributed by atoms with Gasteiger partial charge in [-0.25, -0.2) is 0 Å². The van der Waals surface area contributed by atoms with Gasteiger partial charge >= 0.3 is 0 Å². The van der Waals surface area contributed by atoms with Crippen LogP contribution < -0.4 is 5.32 Å². The van der Waals surface area contributed by atoms with Gasteiger partial charge in [0.2, 0.25) is 0 Å². The lowest BCUT2D eigenvalue weighted by molar-refractivity contribution is 0.0914. The molecule has 1 saturated carbocycles. The molecular weight excluding hydrogens is 452 g/mol. The van der Waals surface area contributed by atoms with Crippen molar-refractivity contribution >= 4 is 44.9 Å². The number of carbonyl (C=O) groups is 1. The number of halogens is 1. The molecule has 4 rings (SSSR count). The van der Waals surface area contributed by atoms with Crippen molar-refractivity contribution in [3.63, 3.8) is 0 Å². The lowest BCUT2D eigenvalue weighted by Gasteiger charge is -2.39. The average Bonchev–Trinajstić information content (AvgIpc) is 3.28. The maximum atomic E-state index is 12.6. The minimum Gasteiger partial charge on any atom is -0.365 e.